The molecule has 3 rings (SSSR count). The van der Waals surface area contributed by atoms with Crippen molar-refractivity contribution in [3.05, 3.63) is 94.6 Å². The largest absolute Gasteiger partial charge is 0.389 e. The molecule has 0 spiro atoms. The van der Waals surface area contributed by atoms with Gasteiger partial charge in [-0.1, -0.05) is 75.4 Å². The van der Waals surface area contributed by atoms with Crippen LogP contribution in [0.5, 0.6) is 0 Å². The Labute approximate surface area is 263 Å². The summed E-state index contributed by atoms with van der Waals surface area (Å²) in [7, 11) is 0. The molecule has 0 aliphatic heterocycles. The highest BCUT2D eigenvalue weighted by Gasteiger charge is 2.27. The zero-order valence-corrected chi connectivity index (χ0v) is 26.3. The Hall–Kier alpha value is -3.61. The molecule has 0 bridgehead atoms. The van der Waals surface area contributed by atoms with Crippen LogP contribution < -0.4 is 0 Å². The Morgan fingerprint density at radius 1 is 0.955 bits per heavy atom. The van der Waals surface area contributed by atoms with Gasteiger partial charge in [-0.15, -0.1) is 0 Å². The first-order valence-corrected chi connectivity index (χ1v) is 15.3. The van der Waals surface area contributed by atoms with Gasteiger partial charge in [0.15, 0.2) is 5.78 Å². The van der Waals surface area contributed by atoms with Gasteiger partial charge in [-0.25, -0.2) is 0 Å². The molecular formula is C37H51F3O4. The number of carbonyl (C=O) groups is 4. The van der Waals surface area contributed by atoms with Gasteiger partial charge in [0.05, 0.1) is 0 Å². The number of alkyl halides is 3. The van der Waals surface area contributed by atoms with Crippen LogP contribution >= 0.6 is 0 Å². The molecule has 7 heteroatoms. The van der Waals surface area contributed by atoms with Crippen molar-refractivity contribution >= 4 is 25.1 Å². The van der Waals surface area contributed by atoms with Crippen molar-refractivity contribution in [2.45, 2.75) is 91.2 Å². The normalized spacial score (nSPS) is 16.4. The van der Waals surface area contributed by atoms with Gasteiger partial charge < -0.3 is 14.4 Å². The highest BCUT2D eigenvalue weighted by atomic mass is 19.4. The molecule has 2 aromatic rings. The third kappa shape index (κ3) is 13.4. The van der Waals surface area contributed by atoms with Crippen LogP contribution in [0.15, 0.2) is 61.2 Å². The second-order valence-electron chi connectivity index (χ2n) is 11.2. The van der Waals surface area contributed by atoms with E-state index in [1.54, 1.807) is 0 Å². The minimum absolute atomic E-state index is 0. The first kappa shape index (κ1) is 38.4. The topological polar surface area (TPSA) is 68.3 Å². The highest BCUT2D eigenvalue weighted by molar-refractivity contribution is 5.93. The van der Waals surface area contributed by atoms with Crippen molar-refractivity contribution in [1.29, 1.82) is 0 Å². The van der Waals surface area contributed by atoms with E-state index < -0.39 is 12.6 Å². The zero-order chi connectivity index (χ0) is 33.1. The van der Waals surface area contributed by atoms with Crippen LogP contribution in [-0.4, -0.2) is 31.3 Å². The van der Waals surface area contributed by atoms with E-state index >= 15 is 0 Å². The van der Waals surface area contributed by atoms with E-state index in [1.807, 2.05) is 44.1 Å². The molecule has 0 saturated carbocycles. The van der Waals surface area contributed by atoms with Crippen LogP contribution in [0.3, 0.4) is 0 Å². The minimum atomic E-state index is -4.16. The summed E-state index contributed by atoms with van der Waals surface area (Å²) in [5.74, 6) is -0.502. The smallest absolute Gasteiger partial charge is 0.307 e. The molecular weight excluding hydrogens is 565 g/mol. The number of rotatable bonds is 14. The first-order valence-electron chi connectivity index (χ1n) is 15.3. The van der Waals surface area contributed by atoms with Crippen LogP contribution in [0, 0.1) is 24.7 Å². The Morgan fingerprint density at radius 2 is 1.61 bits per heavy atom. The molecule has 0 aromatic heterocycles. The molecule has 4 nitrogen and oxygen atoms in total. The van der Waals surface area contributed by atoms with E-state index in [0.717, 1.165) is 49.4 Å². The zero-order valence-electron chi connectivity index (χ0n) is 26.3. The van der Waals surface area contributed by atoms with Crippen LogP contribution in [-0.2, 0) is 51.3 Å². The van der Waals surface area contributed by atoms with Gasteiger partial charge in [0, 0.05) is 27.0 Å². The van der Waals surface area contributed by atoms with Crippen molar-refractivity contribution in [2.75, 3.05) is 0 Å². The first-order chi connectivity index (χ1) is 21.0. The molecule has 0 saturated heterocycles. The average Bonchev–Trinajstić information content (AvgIpc) is 3.04. The summed E-state index contributed by atoms with van der Waals surface area (Å²) in [6, 6.07) is 12.2. The molecule has 44 heavy (non-hydrogen) atoms. The quantitative estimate of drug-likeness (QED) is 0.121. The number of allylic oxidation sites excluding steroid dienone is 3. The number of hydrogen-bond donors (Lipinski definition) is 0. The Bertz CT molecular complexity index is 1240. The molecule has 0 amide bonds. The molecule has 0 heterocycles. The maximum atomic E-state index is 12.6. The molecule has 1 unspecified atom stereocenters. The number of unbranched alkanes of at least 4 members (excludes halogenated alkanes) is 1. The number of carbonyl (C=O) groups excluding carboxylic acids is 4. The van der Waals surface area contributed by atoms with Gasteiger partial charge in [-0.3, -0.25) is 4.79 Å². The maximum Gasteiger partial charge on any atom is 0.389 e. The number of ketones is 1. The van der Waals surface area contributed by atoms with Gasteiger partial charge in [0.1, 0.15) is 19.4 Å². The fraction of sp³-hybridized carbons (Fsp3) is 0.459. The lowest BCUT2D eigenvalue weighted by molar-refractivity contribution is -0.134. The molecule has 0 N–H and O–H groups in total. The summed E-state index contributed by atoms with van der Waals surface area (Å²) in [6.07, 6.45) is 8.88. The SMILES string of the molecule is C=CC(=O)[C@H]1CC=CC[C@@H]1C=O.C=O.CCCCc1cc(CC)ccc1CC(C=O)Cc1ccc(C)c(CCC(F)(F)F)c1.[HH].[HH]. The predicted molar refractivity (Wildman–Crippen MR) is 175 cm³/mol. The summed E-state index contributed by atoms with van der Waals surface area (Å²) < 4.78 is 37.8. The molecule has 2 aromatic carbocycles. The highest BCUT2D eigenvalue weighted by Crippen LogP contribution is 2.26. The average molecular weight is 617 g/mol. The van der Waals surface area contributed by atoms with E-state index in [0.29, 0.717) is 31.2 Å². The standard InChI is InChI=1S/C26H33F3O.C10H12O2.CH2O.2H2/c1-4-6-7-24-15-20(5-2)10-11-25(24)17-22(18-30)14-21-9-8-19(3)23(16-21)12-13-26(27,28)29;1-2-10(12)9-6-4-3-5-8(9)7-11;1-2;;/h8-11,15-16,18,22H,4-7,12-14,17H2,1-3H3;2-4,7-9H,1,5-6H2;1H2;2*1H/t;8-,9+;;;/m.1.../s1. The van der Waals surface area contributed by atoms with E-state index in [1.165, 1.54) is 22.8 Å². The number of benzene rings is 2. The lowest BCUT2D eigenvalue weighted by Gasteiger charge is -2.20. The second-order valence-corrected chi connectivity index (χ2v) is 11.2. The Morgan fingerprint density at radius 3 is 2.20 bits per heavy atom. The third-order valence-corrected chi connectivity index (χ3v) is 7.97. The number of aryl methyl sites for hydroxylation is 4. The molecule has 1 aliphatic rings. The third-order valence-electron chi connectivity index (χ3n) is 7.97. The van der Waals surface area contributed by atoms with Crippen LogP contribution in [0.4, 0.5) is 13.2 Å². The molecule has 244 valence electrons. The fourth-order valence-electron chi connectivity index (χ4n) is 5.31. The Balaban J connectivity index is 0. The fourth-order valence-corrected chi connectivity index (χ4v) is 5.31. The molecule has 3 atom stereocenters. The van der Waals surface area contributed by atoms with Gasteiger partial charge in [0.25, 0.3) is 0 Å². The van der Waals surface area contributed by atoms with Crippen molar-refractivity contribution in [3.63, 3.8) is 0 Å². The van der Waals surface area contributed by atoms with Gasteiger partial charge in [-0.05, 0) is 97.7 Å². The van der Waals surface area contributed by atoms with E-state index in [4.69, 9.17) is 4.79 Å². The summed E-state index contributed by atoms with van der Waals surface area (Å²) in [5, 5.41) is 0. The number of halogens is 3. The summed E-state index contributed by atoms with van der Waals surface area (Å²) in [6.45, 7) is 11.6. The maximum absolute atomic E-state index is 12.6. The van der Waals surface area contributed by atoms with Crippen molar-refractivity contribution in [1.82, 2.24) is 0 Å². The summed E-state index contributed by atoms with van der Waals surface area (Å²) >= 11 is 0. The van der Waals surface area contributed by atoms with E-state index in [2.05, 4.69) is 38.6 Å². The van der Waals surface area contributed by atoms with E-state index in [-0.39, 0.29) is 32.8 Å². The Kier molecular flexibility index (Phi) is 17.8. The number of hydrogen-bond acceptors (Lipinski definition) is 4. The molecule has 1 aliphatic carbocycles. The van der Waals surface area contributed by atoms with Gasteiger partial charge in [0.2, 0.25) is 0 Å². The lowest BCUT2D eigenvalue weighted by atomic mass is 9.81. The molecule has 0 radical (unpaired) electrons. The summed E-state index contributed by atoms with van der Waals surface area (Å²) in [4.78, 5) is 41.6. The van der Waals surface area contributed by atoms with Crippen molar-refractivity contribution < 1.29 is 35.2 Å². The monoisotopic (exact) mass is 616 g/mol. The van der Waals surface area contributed by atoms with Crippen LogP contribution in [0.25, 0.3) is 0 Å². The van der Waals surface area contributed by atoms with Gasteiger partial charge in [-0.2, -0.15) is 13.2 Å². The van der Waals surface area contributed by atoms with Crippen LogP contribution in [0.2, 0.25) is 0 Å². The molecule has 0 fully saturated rings. The van der Waals surface area contributed by atoms with Crippen LogP contribution in [0.1, 0.15) is 82.2 Å². The van der Waals surface area contributed by atoms with Gasteiger partial charge >= 0.3 is 6.18 Å². The second kappa shape index (κ2) is 20.4. The van der Waals surface area contributed by atoms with Crippen molar-refractivity contribution in [2.24, 2.45) is 17.8 Å². The predicted octanol–water partition coefficient (Wildman–Crippen LogP) is 8.83. The lowest BCUT2D eigenvalue weighted by Crippen LogP contribution is -2.24. The minimum Gasteiger partial charge on any atom is -0.307 e. The van der Waals surface area contributed by atoms with E-state index in [9.17, 15) is 27.6 Å². The van der Waals surface area contributed by atoms with Crippen molar-refractivity contribution in [3.8, 4) is 0 Å². The number of aldehydes is 2. The summed E-state index contributed by atoms with van der Waals surface area (Å²) in [5.41, 5.74) is 6.34.